The van der Waals surface area contributed by atoms with Crippen molar-refractivity contribution in [1.82, 2.24) is 20.4 Å². The van der Waals surface area contributed by atoms with Gasteiger partial charge in [-0.05, 0) is 26.7 Å². The van der Waals surface area contributed by atoms with E-state index >= 15 is 0 Å². The van der Waals surface area contributed by atoms with Gasteiger partial charge in [0.05, 0.1) is 11.4 Å². The predicted molar refractivity (Wildman–Crippen MR) is 70.5 cm³/mol. The zero-order valence-corrected chi connectivity index (χ0v) is 11.2. The van der Waals surface area contributed by atoms with Crippen LogP contribution in [0.4, 0.5) is 5.69 Å². The van der Waals surface area contributed by atoms with Crippen molar-refractivity contribution in [3.05, 3.63) is 11.4 Å². The summed E-state index contributed by atoms with van der Waals surface area (Å²) in [6.45, 7) is 4.94. The van der Waals surface area contributed by atoms with Crippen LogP contribution in [0.5, 0.6) is 0 Å². The van der Waals surface area contributed by atoms with Crippen molar-refractivity contribution >= 4 is 17.5 Å². The second-order valence-corrected chi connectivity index (χ2v) is 4.84. The number of hydrogen-bond donors (Lipinski definition) is 3. The van der Waals surface area contributed by atoms with E-state index in [0.717, 1.165) is 25.9 Å². The smallest absolute Gasteiger partial charge is 0.274 e. The molecule has 0 aromatic carbocycles. The van der Waals surface area contributed by atoms with Gasteiger partial charge < -0.3 is 16.0 Å². The number of nitrogens with zero attached hydrogens (tertiary/aromatic N) is 2. The van der Waals surface area contributed by atoms with E-state index in [1.54, 1.807) is 18.7 Å². The van der Waals surface area contributed by atoms with Crippen LogP contribution >= 0.6 is 0 Å². The van der Waals surface area contributed by atoms with Crippen LogP contribution in [0.25, 0.3) is 0 Å². The Morgan fingerprint density at radius 1 is 1.42 bits per heavy atom. The van der Waals surface area contributed by atoms with Gasteiger partial charge in [0.2, 0.25) is 5.91 Å². The molecule has 2 heterocycles. The lowest BCUT2D eigenvalue weighted by molar-refractivity contribution is -0.131. The Labute approximate surface area is 111 Å². The Morgan fingerprint density at radius 3 is 2.58 bits per heavy atom. The molecule has 4 N–H and O–H groups in total. The number of hydrogen-bond acceptors (Lipinski definition) is 4. The summed E-state index contributed by atoms with van der Waals surface area (Å²) < 4.78 is 0. The number of carbonyl (C=O) groups is 2. The quantitative estimate of drug-likeness (QED) is 0.717. The Kier molecular flexibility index (Phi) is 3.73. The first-order valence-corrected chi connectivity index (χ1v) is 6.40. The summed E-state index contributed by atoms with van der Waals surface area (Å²) in [4.78, 5) is 25.8. The van der Waals surface area contributed by atoms with E-state index in [2.05, 4.69) is 15.5 Å². The predicted octanol–water partition coefficient (Wildman–Crippen LogP) is 0.0410. The standard InChI is InChI=1S/C12H19N5O2/c1-7-9(13)10(16-15-7)11(18)14-8(2)12(19)17-5-3-4-6-17/h8H,3-6,13H2,1-2H3,(H,14,18)(H,15,16). The molecule has 0 bridgehead atoms. The van der Waals surface area contributed by atoms with Gasteiger partial charge in [0.25, 0.3) is 5.91 Å². The highest BCUT2D eigenvalue weighted by atomic mass is 16.2. The molecule has 1 saturated heterocycles. The van der Waals surface area contributed by atoms with Crippen LogP contribution in [0.3, 0.4) is 0 Å². The molecular weight excluding hydrogens is 246 g/mol. The van der Waals surface area contributed by atoms with Crippen molar-refractivity contribution in [2.45, 2.75) is 32.7 Å². The van der Waals surface area contributed by atoms with Gasteiger partial charge in [-0.2, -0.15) is 5.10 Å². The SMILES string of the molecule is Cc1[nH]nc(C(=O)NC(C)C(=O)N2CCCC2)c1N. The van der Waals surface area contributed by atoms with Crippen molar-refractivity contribution < 1.29 is 9.59 Å². The zero-order valence-electron chi connectivity index (χ0n) is 11.2. The summed E-state index contributed by atoms with van der Waals surface area (Å²) in [5, 5.41) is 9.12. The maximum atomic E-state index is 12.1. The van der Waals surface area contributed by atoms with E-state index in [0.29, 0.717) is 11.4 Å². The number of nitrogens with two attached hydrogens (primary N) is 1. The number of H-pyrrole nitrogens is 1. The molecule has 2 rings (SSSR count). The summed E-state index contributed by atoms with van der Waals surface area (Å²) in [6, 6.07) is -0.568. The second kappa shape index (κ2) is 5.29. The van der Waals surface area contributed by atoms with E-state index in [9.17, 15) is 9.59 Å². The monoisotopic (exact) mass is 265 g/mol. The minimum atomic E-state index is -0.568. The van der Waals surface area contributed by atoms with Crippen molar-refractivity contribution in [1.29, 1.82) is 0 Å². The Balaban J connectivity index is 1.98. The number of likely N-dealkylation sites (tertiary alicyclic amines) is 1. The van der Waals surface area contributed by atoms with Gasteiger partial charge in [-0.1, -0.05) is 0 Å². The molecule has 104 valence electrons. The summed E-state index contributed by atoms with van der Waals surface area (Å²) in [6.07, 6.45) is 2.05. The number of rotatable bonds is 3. The van der Waals surface area contributed by atoms with Crippen LogP contribution in [0.15, 0.2) is 0 Å². The molecule has 7 heteroatoms. The van der Waals surface area contributed by atoms with Gasteiger partial charge >= 0.3 is 0 Å². The van der Waals surface area contributed by atoms with E-state index in [1.165, 1.54) is 0 Å². The molecule has 1 unspecified atom stereocenters. The first-order chi connectivity index (χ1) is 9.00. The number of aromatic amines is 1. The fourth-order valence-corrected chi connectivity index (χ4v) is 2.15. The van der Waals surface area contributed by atoms with Crippen molar-refractivity contribution in [3.8, 4) is 0 Å². The number of aryl methyl sites for hydroxylation is 1. The van der Waals surface area contributed by atoms with Gasteiger partial charge in [0.1, 0.15) is 6.04 Å². The van der Waals surface area contributed by atoms with Crippen LogP contribution < -0.4 is 11.1 Å². The molecule has 1 atom stereocenters. The molecule has 2 amide bonds. The van der Waals surface area contributed by atoms with Crippen LogP contribution in [0.2, 0.25) is 0 Å². The van der Waals surface area contributed by atoms with Crippen molar-refractivity contribution in [3.63, 3.8) is 0 Å². The second-order valence-electron chi connectivity index (χ2n) is 4.84. The first-order valence-electron chi connectivity index (χ1n) is 6.40. The topological polar surface area (TPSA) is 104 Å². The minimum absolute atomic E-state index is 0.0586. The summed E-state index contributed by atoms with van der Waals surface area (Å²) in [7, 11) is 0. The molecule has 0 saturated carbocycles. The molecular formula is C12H19N5O2. The molecule has 7 nitrogen and oxygen atoms in total. The number of carbonyl (C=O) groups excluding carboxylic acids is 2. The molecule has 0 aliphatic carbocycles. The highest BCUT2D eigenvalue weighted by Crippen LogP contribution is 2.13. The van der Waals surface area contributed by atoms with E-state index < -0.39 is 11.9 Å². The Bertz CT molecular complexity index is 490. The molecule has 1 aromatic rings. The molecule has 19 heavy (non-hydrogen) atoms. The van der Waals surface area contributed by atoms with Gasteiger partial charge in [-0.15, -0.1) is 0 Å². The maximum Gasteiger partial charge on any atom is 0.274 e. The van der Waals surface area contributed by atoms with Gasteiger partial charge in [0.15, 0.2) is 5.69 Å². The number of aromatic nitrogens is 2. The highest BCUT2D eigenvalue weighted by Gasteiger charge is 2.26. The Morgan fingerprint density at radius 2 is 2.05 bits per heavy atom. The van der Waals surface area contributed by atoms with E-state index in [-0.39, 0.29) is 11.6 Å². The maximum absolute atomic E-state index is 12.1. The lowest BCUT2D eigenvalue weighted by atomic mass is 10.2. The van der Waals surface area contributed by atoms with Gasteiger partial charge in [0, 0.05) is 13.1 Å². The molecule has 0 spiro atoms. The molecule has 0 radical (unpaired) electrons. The normalized spacial score (nSPS) is 16.4. The fraction of sp³-hybridized carbons (Fsp3) is 0.583. The molecule has 1 fully saturated rings. The number of amides is 2. The molecule has 1 aromatic heterocycles. The molecule has 1 aliphatic rings. The third-order valence-corrected chi connectivity index (χ3v) is 3.35. The van der Waals surface area contributed by atoms with Crippen LogP contribution in [0, 0.1) is 6.92 Å². The number of nitrogens with one attached hydrogen (secondary N) is 2. The number of anilines is 1. The van der Waals surface area contributed by atoms with Crippen molar-refractivity contribution in [2.24, 2.45) is 0 Å². The van der Waals surface area contributed by atoms with Gasteiger partial charge in [-0.3, -0.25) is 14.7 Å². The third-order valence-electron chi connectivity index (χ3n) is 3.35. The minimum Gasteiger partial charge on any atom is -0.395 e. The first kappa shape index (κ1) is 13.4. The Hall–Kier alpha value is -2.05. The zero-order chi connectivity index (χ0) is 14.0. The summed E-state index contributed by atoms with van der Waals surface area (Å²) in [5.74, 6) is -0.487. The number of nitrogen functional groups attached to an aromatic ring is 1. The van der Waals surface area contributed by atoms with Crippen LogP contribution in [-0.2, 0) is 4.79 Å². The van der Waals surface area contributed by atoms with Crippen LogP contribution in [-0.4, -0.2) is 46.0 Å². The van der Waals surface area contributed by atoms with Gasteiger partial charge in [-0.25, -0.2) is 0 Å². The highest BCUT2D eigenvalue weighted by molar-refractivity contribution is 6.00. The fourth-order valence-electron chi connectivity index (χ4n) is 2.15. The lowest BCUT2D eigenvalue weighted by Gasteiger charge is -2.20. The van der Waals surface area contributed by atoms with Crippen molar-refractivity contribution in [2.75, 3.05) is 18.8 Å². The van der Waals surface area contributed by atoms with E-state index in [1.807, 2.05) is 0 Å². The molecule has 1 aliphatic heterocycles. The lowest BCUT2D eigenvalue weighted by Crippen LogP contribution is -2.46. The summed E-state index contributed by atoms with van der Waals surface area (Å²) >= 11 is 0. The summed E-state index contributed by atoms with van der Waals surface area (Å²) in [5.41, 5.74) is 6.83. The van der Waals surface area contributed by atoms with Crippen LogP contribution in [0.1, 0.15) is 35.9 Å². The average Bonchev–Trinajstić information content (AvgIpc) is 3.00. The largest absolute Gasteiger partial charge is 0.395 e. The third kappa shape index (κ3) is 2.69. The van der Waals surface area contributed by atoms with E-state index in [4.69, 9.17) is 5.73 Å². The average molecular weight is 265 g/mol.